The lowest BCUT2D eigenvalue weighted by Crippen LogP contribution is -2.47. The minimum atomic E-state index is -0.665. The predicted octanol–water partition coefficient (Wildman–Crippen LogP) is 0.830. The van der Waals surface area contributed by atoms with Crippen LogP contribution in [0.4, 0.5) is 4.39 Å². The minimum absolute atomic E-state index is 0. The normalized spacial score (nSPS) is 14.0. The average molecular weight is 376 g/mol. The van der Waals surface area contributed by atoms with E-state index in [0.717, 1.165) is 0 Å². The Bertz CT molecular complexity index is 628. The Balaban J connectivity index is 0.00000312. The molecular formula is C16H23ClFN3O4. The summed E-state index contributed by atoms with van der Waals surface area (Å²) in [6, 6.07) is 1.98. The first-order chi connectivity index (χ1) is 11.4. The van der Waals surface area contributed by atoms with Crippen LogP contribution >= 0.6 is 12.4 Å². The number of fused-ring (bicyclic) bond motifs is 1. The first kappa shape index (κ1) is 21.1. The van der Waals surface area contributed by atoms with Gasteiger partial charge in [-0.3, -0.25) is 9.59 Å². The van der Waals surface area contributed by atoms with Crippen molar-refractivity contribution in [2.24, 2.45) is 11.7 Å². The molecule has 0 aliphatic carbocycles. The smallest absolute Gasteiger partial charge is 0.239 e. The molecule has 9 heteroatoms. The number of amides is 2. The first-order valence-corrected chi connectivity index (χ1v) is 7.70. The lowest BCUT2D eigenvalue weighted by atomic mass is 10.1. The van der Waals surface area contributed by atoms with Crippen LogP contribution in [0.3, 0.4) is 0 Å². The van der Waals surface area contributed by atoms with E-state index in [9.17, 15) is 14.0 Å². The third-order valence-corrected chi connectivity index (χ3v) is 3.67. The molecule has 0 saturated carbocycles. The van der Waals surface area contributed by atoms with Gasteiger partial charge < -0.3 is 25.8 Å². The summed E-state index contributed by atoms with van der Waals surface area (Å²) < 4.78 is 24.1. The molecule has 1 atom stereocenters. The van der Waals surface area contributed by atoms with E-state index in [2.05, 4.69) is 10.6 Å². The summed E-state index contributed by atoms with van der Waals surface area (Å²) in [5.41, 5.74) is 6.81. The Hall–Kier alpha value is -1.90. The van der Waals surface area contributed by atoms with E-state index in [0.29, 0.717) is 16.9 Å². The fraction of sp³-hybridized carbons (Fsp3) is 0.500. The number of carbonyl (C=O) groups is 2. The zero-order valence-electron chi connectivity index (χ0n) is 14.1. The number of ether oxygens (including phenoxy) is 2. The summed E-state index contributed by atoms with van der Waals surface area (Å²) >= 11 is 0. The predicted molar refractivity (Wildman–Crippen MR) is 91.6 cm³/mol. The van der Waals surface area contributed by atoms with Crippen LogP contribution in [-0.2, 0) is 27.5 Å². The van der Waals surface area contributed by atoms with Crippen molar-refractivity contribution >= 4 is 24.2 Å². The SMILES string of the molecule is CC(C)[C@H](N)C(=O)NCC(=O)NCc1cc(F)cc2c1OCOC2.Cl. The summed E-state index contributed by atoms with van der Waals surface area (Å²) in [6.07, 6.45) is 0. The van der Waals surface area contributed by atoms with E-state index in [1.165, 1.54) is 12.1 Å². The van der Waals surface area contributed by atoms with Crippen LogP contribution in [0.2, 0.25) is 0 Å². The van der Waals surface area contributed by atoms with Crippen molar-refractivity contribution in [2.75, 3.05) is 13.3 Å². The highest BCUT2D eigenvalue weighted by Gasteiger charge is 2.19. The summed E-state index contributed by atoms with van der Waals surface area (Å²) in [4.78, 5) is 23.5. The molecule has 1 aromatic carbocycles. The van der Waals surface area contributed by atoms with E-state index >= 15 is 0 Å². The highest BCUT2D eigenvalue weighted by Crippen LogP contribution is 2.29. The third kappa shape index (κ3) is 5.84. The van der Waals surface area contributed by atoms with Gasteiger partial charge in [0.15, 0.2) is 6.79 Å². The van der Waals surface area contributed by atoms with Crippen molar-refractivity contribution < 1.29 is 23.5 Å². The maximum atomic E-state index is 13.6. The van der Waals surface area contributed by atoms with Crippen molar-refractivity contribution in [1.29, 1.82) is 0 Å². The number of nitrogens with one attached hydrogen (secondary N) is 2. The molecule has 0 aromatic heterocycles. The van der Waals surface area contributed by atoms with Crippen LogP contribution in [0, 0.1) is 11.7 Å². The van der Waals surface area contributed by atoms with E-state index in [1.54, 1.807) is 0 Å². The quantitative estimate of drug-likeness (QED) is 0.683. The number of nitrogens with two attached hydrogens (primary N) is 1. The number of hydrogen-bond acceptors (Lipinski definition) is 5. The first-order valence-electron chi connectivity index (χ1n) is 7.70. The van der Waals surface area contributed by atoms with Gasteiger partial charge in [-0.1, -0.05) is 13.8 Å². The Morgan fingerprint density at radius 2 is 2.04 bits per heavy atom. The molecule has 2 amide bonds. The van der Waals surface area contributed by atoms with Crippen LogP contribution in [0.25, 0.3) is 0 Å². The summed E-state index contributed by atoms with van der Waals surface area (Å²) in [6.45, 7) is 3.88. The largest absolute Gasteiger partial charge is 0.467 e. The molecule has 0 fully saturated rings. The molecule has 1 aliphatic rings. The molecule has 140 valence electrons. The summed E-state index contributed by atoms with van der Waals surface area (Å²) in [5.74, 6) is -0.712. The van der Waals surface area contributed by atoms with Gasteiger partial charge in [0.05, 0.1) is 19.2 Å². The maximum Gasteiger partial charge on any atom is 0.239 e. The standard InChI is InChI=1S/C16H22FN3O4.ClH/c1-9(2)14(18)16(22)20-6-13(21)19-5-10-3-12(17)4-11-7-23-8-24-15(10)11;/h3-4,9,14H,5-8,18H2,1-2H3,(H,19,21)(H,20,22);1H/t14-;/m0./s1. The Morgan fingerprint density at radius 3 is 2.72 bits per heavy atom. The minimum Gasteiger partial charge on any atom is -0.467 e. The Kier molecular flexibility index (Phi) is 8.08. The van der Waals surface area contributed by atoms with Crippen LogP contribution in [0.1, 0.15) is 25.0 Å². The molecule has 2 rings (SSSR count). The van der Waals surface area contributed by atoms with Gasteiger partial charge in [0.25, 0.3) is 0 Å². The molecule has 4 N–H and O–H groups in total. The molecule has 0 bridgehead atoms. The van der Waals surface area contributed by atoms with E-state index in [1.807, 2.05) is 13.8 Å². The molecule has 0 saturated heterocycles. The molecule has 25 heavy (non-hydrogen) atoms. The van der Waals surface area contributed by atoms with Gasteiger partial charge in [-0.05, 0) is 18.1 Å². The molecule has 0 radical (unpaired) electrons. The van der Waals surface area contributed by atoms with Crippen molar-refractivity contribution in [3.63, 3.8) is 0 Å². The molecular weight excluding hydrogens is 353 g/mol. The fourth-order valence-corrected chi connectivity index (χ4v) is 2.23. The Morgan fingerprint density at radius 1 is 1.32 bits per heavy atom. The highest BCUT2D eigenvalue weighted by molar-refractivity contribution is 5.87. The number of hydrogen-bond donors (Lipinski definition) is 3. The monoisotopic (exact) mass is 375 g/mol. The second-order valence-electron chi connectivity index (χ2n) is 5.93. The molecule has 1 heterocycles. The number of rotatable bonds is 6. The summed E-state index contributed by atoms with van der Waals surface area (Å²) in [7, 11) is 0. The van der Waals surface area contributed by atoms with Crippen LogP contribution in [-0.4, -0.2) is 31.2 Å². The molecule has 0 unspecified atom stereocenters. The zero-order valence-corrected chi connectivity index (χ0v) is 15.0. The molecule has 1 aliphatic heterocycles. The van der Waals surface area contributed by atoms with Crippen molar-refractivity contribution in [3.05, 3.63) is 29.1 Å². The fourth-order valence-electron chi connectivity index (χ4n) is 2.23. The van der Waals surface area contributed by atoms with Gasteiger partial charge in [0.1, 0.15) is 11.6 Å². The number of benzene rings is 1. The van der Waals surface area contributed by atoms with Crippen LogP contribution in [0.5, 0.6) is 5.75 Å². The van der Waals surface area contributed by atoms with Gasteiger partial charge in [0.2, 0.25) is 11.8 Å². The van der Waals surface area contributed by atoms with Gasteiger partial charge >= 0.3 is 0 Å². The highest BCUT2D eigenvalue weighted by atomic mass is 35.5. The van der Waals surface area contributed by atoms with E-state index in [4.69, 9.17) is 15.2 Å². The summed E-state index contributed by atoms with van der Waals surface area (Å²) in [5, 5.41) is 5.09. The van der Waals surface area contributed by atoms with Crippen molar-refractivity contribution in [3.8, 4) is 5.75 Å². The third-order valence-electron chi connectivity index (χ3n) is 3.67. The molecule has 7 nitrogen and oxygen atoms in total. The molecule has 0 spiro atoms. The Labute approximate surface area is 151 Å². The van der Waals surface area contributed by atoms with Crippen LogP contribution < -0.4 is 21.1 Å². The van der Waals surface area contributed by atoms with Gasteiger partial charge in [-0.15, -0.1) is 12.4 Å². The van der Waals surface area contributed by atoms with Gasteiger partial charge in [-0.25, -0.2) is 4.39 Å². The van der Waals surface area contributed by atoms with Gasteiger partial charge in [-0.2, -0.15) is 0 Å². The van der Waals surface area contributed by atoms with E-state index in [-0.39, 0.29) is 50.7 Å². The maximum absolute atomic E-state index is 13.6. The second-order valence-corrected chi connectivity index (χ2v) is 5.93. The number of carbonyl (C=O) groups excluding carboxylic acids is 2. The van der Waals surface area contributed by atoms with Gasteiger partial charge in [0, 0.05) is 17.7 Å². The van der Waals surface area contributed by atoms with E-state index < -0.39 is 17.8 Å². The van der Waals surface area contributed by atoms with Crippen LogP contribution in [0.15, 0.2) is 12.1 Å². The average Bonchev–Trinajstić information content (AvgIpc) is 2.56. The zero-order chi connectivity index (χ0) is 17.7. The number of halogens is 2. The lowest BCUT2D eigenvalue weighted by molar-refractivity contribution is -0.127. The molecule has 1 aromatic rings. The van der Waals surface area contributed by atoms with Crippen molar-refractivity contribution in [1.82, 2.24) is 10.6 Å². The van der Waals surface area contributed by atoms with Crippen molar-refractivity contribution in [2.45, 2.75) is 33.0 Å². The second kappa shape index (κ2) is 9.55. The lowest BCUT2D eigenvalue weighted by Gasteiger charge is -2.21. The topological polar surface area (TPSA) is 103 Å².